The first-order valence-electron chi connectivity index (χ1n) is 8.19. The molecule has 0 radical (unpaired) electrons. The van der Waals surface area contributed by atoms with E-state index in [-0.39, 0.29) is 24.8 Å². The molecule has 6 nitrogen and oxygen atoms in total. The minimum Gasteiger partial charge on any atom is -0.497 e. The Bertz CT molecular complexity index is 570. The molecule has 7 heteroatoms. The van der Waals surface area contributed by atoms with Gasteiger partial charge in [0, 0.05) is 38.3 Å². The van der Waals surface area contributed by atoms with E-state index in [2.05, 4.69) is 10.6 Å². The summed E-state index contributed by atoms with van der Waals surface area (Å²) in [4.78, 5) is 14.2. The van der Waals surface area contributed by atoms with Crippen LogP contribution in [0, 0.1) is 5.82 Å². The maximum atomic E-state index is 14.0. The van der Waals surface area contributed by atoms with Crippen molar-refractivity contribution in [3.8, 4) is 5.75 Å². The summed E-state index contributed by atoms with van der Waals surface area (Å²) in [6.45, 7) is 2.25. The van der Waals surface area contributed by atoms with E-state index in [0.29, 0.717) is 37.2 Å². The van der Waals surface area contributed by atoms with Crippen molar-refractivity contribution in [3.05, 3.63) is 29.6 Å². The van der Waals surface area contributed by atoms with Crippen LogP contribution in [-0.2, 0) is 11.3 Å². The Hall–Kier alpha value is -1.70. The minimum absolute atomic E-state index is 0.126. The third-order valence-corrected chi connectivity index (χ3v) is 4.29. The smallest absolute Gasteiger partial charge is 0.256 e. The molecule has 24 heavy (non-hydrogen) atoms. The van der Waals surface area contributed by atoms with Crippen molar-refractivity contribution < 1.29 is 19.0 Å². The number of likely N-dealkylation sites (N-methyl/N-ethyl adjacent to an activating group) is 1. The van der Waals surface area contributed by atoms with E-state index in [1.165, 1.54) is 18.1 Å². The van der Waals surface area contributed by atoms with Crippen molar-refractivity contribution in [2.45, 2.75) is 25.0 Å². The predicted octanol–water partition coefficient (Wildman–Crippen LogP) is 0.497. The monoisotopic (exact) mass is 339 g/mol. The molecule has 0 spiro atoms. The van der Waals surface area contributed by atoms with Gasteiger partial charge >= 0.3 is 0 Å². The first-order chi connectivity index (χ1) is 11.5. The van der Waals surface area contributed by atoms with E-state index in [0.717, 1.165) is 6.54 Å². The number of nitrogens with one attached hydrogen (secondary N) is 2. The predicted molar refractivity (Wildman–Crippen MR) is 89.3 cm³/mol. The Kier molecular flexibility index (Phi) is 6.53. The molecule has 3 N–H and O–H groups in total. The lowest BCUT2D eigenvalue weighted by atomic mass is 9.91. The molecule has 134 valence electrons. The molecule has 1 aromatic carbocycles. The minimum atomic E-state index is -1.43. The number of carbonyl (C=O) groups excluding carboxylic acids is 1. The lowest BCUT2D eigenvalue weighted by Gasteiger charge is -2.38. The zero-order valence-corrected chi connectivity index (χ0v) is 14.3. The third-order valence-electron chi connectivity index (χ3n) is 4.29. The second-order valence-corrected chi connectivity index (χ2v) is 6.10. The summed E-state index contributed by atoms with van der Waals surface area (Å²) in [6.07, 6.45) is 1.09. The van der Waals surface area contributed by atoms with Crippen LogP contribution in [0.5, 0.6) is 5.75 Å². The van der Waals surface area contributed by atoms with Crippen molar-refractivity contribution in [1.82, 2.24) is 15.5 Å². The number of aliphatic hydroxyl groups is 1. The average Bonchev–Trinajstić information content (AvgIpc) is 2.58. The molecule has 1 amide bonds. The Balaban J connectivity index is 2.04. The number of hydrogen-bond acceptors (Lipinski definition) is 5. The average molecular weight is 339 g/mol. The highest BCUT2D eigenvalue weighted by Crippen LogP contribution is 2.25. The van der Waals surface area contributed by atoms with Crippen LogP contribution in [0.25, 0.3) is 0 Å². The van der Waals surface area contributed by atoms with E-state index < -0.39 is 5.60 Å². The summed E-state index contributed by atoms with van der Waals surface area (Å²) in [5, 5.41) is 16.7. The zero-order valence-electron chi connectivity index (χ0n) is 14.3. The fourth-order valence-corrected chi connectivity index (χ4v) is 2.89. The molecule has 1 fully saturated rings. The summed E-state index contributed by atoms with van der Waals surface area (Å²) in [5.41, 5.74) is -1.04. The number of amides is 1. The SMILES string of the molecule is CNCCNCC1(O)CCCN(Cc2cc(OC)ccc2F)C1=O. The van der Waals surface area contributed by atoms with Crippen LogP contribution in [0.2, 0.25) is 0 Å². The molecule has 1 unspecified atom stereocenters. The Morgan fingerprint density at radius 3 is 2.92 bits per heavy atom. The van der Waals surface area contributed by atoms with Crippen molar-refractivity contribution in [3.63, 3.8) is 0 Å². The summed E-state index contributed by atoms with van der Waals surface area (Å²) in [6, 6.07) is 4.45. The number of ether oxygens (including phenoxy) is 1. The number of hydrogen-bond donors (Lipinski definition) is 3. The maximum Gasteiger partial charge on any atom is 0.256 e. The lowest BCUT2D eigenvalue weighted by molar-refractivity contribution is -0.157. The number of benzene rings is 1. The molecule has 1 aliphatic heterocycles. The molecule has 0 bridgehead atoms. The summed E-state index contributed by atoms with van der Waals surface area (Å²) in [5.74, 6) is -0.197. The molecule has 2 rings (SSSR count). The fourth-order valence-electron chi connectivity index (χ4n) is 2.89. The number of methoxy groups -OCH3 is 1. The van der Waals surface area contributed by atoms with Gasteiger partial charge in [-0.15, -0.1) is 0 Å². The van der Waals surface area contributed by atoms with Gasteiger partial charge in [-0.25, -0.2) is 4.39 Å². The zero-order chi connectivity index (χ0) is 17.6. The molecule has 0 aromatic heterocycles. The molecular weight excluding hydrogens is 313 g/mol. The Morgan fingerprint density at radius 1 is 1.42 bits per heavy atom. The first kappa shape index (κ1) is 18.6. The van der Waals surface area contributed by atoms with E-state index in [4.69, 9.17) is 4.74 Å². The lowest BCUT2D eigenvalue weighted by Crippen LogP contribution is -2.58. The molecule has 0 aliphatic carbocycles. The van der Waals surface area contributed by atoms with E-state index >= 15 is 0 Å². The van der Waals surface area contributed by atoms with Crippen molar-refractivity contribution in [2.75, 3.05) is 40.3 Å². The number of halogens is 1. The second kappa shape index (κ2) is 8.41. The van der Waals surface area contributed by atoms with Gasteiger partial charge in [0.15, 0.2) is 5.60 Å². The summed E-state index contributed by atoms with van der Waals surface area (Å²) < 4.78 is 19.1. The molecule has 1 atom stereocenters. The molecule has 1 aromatic rings. The number of rotatable bonds is 8. The van der Waals surface area contributed by atoms with Gasteiger partial charge in [-0.05, 0) is 38.1 Å². The fraction of sp³-hybridized carbons (Fsp3) is 0.588. The van der Waals surface area contributed by atoms with Gasteiger partial charge in [-0.3, -0.25) is 4.79 Å². The first-order valence-corrected chi connectivity index (χ1v) is 8.19. The number of nitrogens with zero attached hydrogens (tertiary/aromatic N) is 1. The normalized spacial score (nSPS) is 21.2. The Labute approximate surface area is 142 Å². The molecular formula is C17H26FN3O3. The van der Waals surface area contributed by atoms with Gasteiger partial charge in [0.2, 0.25) is 0 Å². The maximum absolute atomic E-state index is 14.0. The van der Waals surface area contributed by atoms with Crippen LogP contribution >= 0.6 is 0 Å². The van der Waals surface area contributed by atoms with Crippen LogP contribution in [0.3, 0.4) is 0 Å². The number of carbonyl (C=O) groups is 1. The molecule has 1 saturated heterocycles. The van der Waals surface area contributed by atoms with Crippen LogP contribution in [-0.4, -0.2) is 61.9 Å². The van der Waals surface area contributed by atoms with Crippen molar-refractivity contribution >= 4 is 5.91 Å². The largest absolute Gasteiger partial charge is 0.497 e. The highest BCUT2D eigenvalue weighted by atomic mass is 19.1. The topological polar surface area (TPSA) is 73.8 Å². The van der Waals surface area contributed by atoms with Gasteiger partial charge in [-0.2, -0.15) is 0 Å². The van der Waals surface area contributed by atoms with Gasteiger partial charge in [0.05, 0.1) is 7.11 Å². The van der Waals surface area contributed by atoms with Crippen LogP contribution in [0.15, 0.2) is 18.2 Å². The van der Waals surface area contributed by atoms with Crippen LogP contribution in [0.4, 0.5) is 4.39 Å². The number of piperidine rings is 1. The third kappa shape index (κ3) is 4.43. The quantitative estimate of drug-likeness (QED) is 0.602. The van der Waals surface area contributed by atoms with E-state index in [9.17, 15) is 14.3 Å². The van der Waals surface area contributed by atoms with Gasteiger partial charge in [-0.1, -0.05) is 0 Å². The van der Waals surface area contributed by atoms with Crippen molar-refractivity contribution in [1.29, 1.82) is 0 Å². The number of likely N-dealkylation sites (tertiary alicyclic amines) is 1. The summed E-state index contributed by atoms with van der Waals surface area (Å²) >= 11 is 0. The summed E-state index contributed by atoms with van der Waals surface area (Å²) in [7, 11) is 3.35. The van der Waals surface area contributed by atoms with Crippen LogP contribution < -0.4 is 15.4 Å². The Morgan fingerprint density at radius 2 is 2.21 bits per heavy atom. The molecule has 1 heterocycles. The van der Waals surface area contributed by atoms with E-state index in [1.807, 2.05) is 7.05 Å². The second-order valence-electron chi connectivity index (χ2n) is 6.10. The van der Waals surface area contributed by atoms with Crippen LogP contribution in [0.1, 0.15) is 18.4 Å². The van der Waals surface area contributed by atoms with E-state index in [1.54, 1.807) is 12.1 Å². The van der Waals surface area contributed by atoms with Gasteiger partial charge in [0.25, 0.3) is 5.91 Å². The van der Waals surface area contributed by atoms with Crippen molar-refractivity contribution in [2.24, 2.45) is 0 Å². The van der Waals surface area contributed by atoms with Gasteiger partial charge < -0.3 is 25.4 Å². The highest BCUT2D eigenvalue weighted by molar-refractivity contribution is 5.86. The standard InChI is InChI=1S/C17H26FN3O3/c1-19-7-8-20-12-17(23)6-3-9-21(16(17)22)11-13-10-14(24-2)4-5-15(13)18/h4-5,10,19-20,23H,3,6-9,11-12H2,1-2H3. The molecule has 0 saturated carbocycles. The molecule has 1 aliphatic rings. The highest BCUT2D eigenvalue weighted by Gasteiger charge is 2.41. The van der Waals surface area contributed by atoms with Gasteiger partial charge in [0.1, 0.15) is 11.6 Å².